The van der Waals surface area contributed by atoms with Crippen LogP contribution in [0.2, 0.25) is 10.6 Å². The molecule has 0 unspecified atom stereocenters. The zero-order valence-electron chi connectivity index (χ0n) is 22.2. The van der Waals surface area contributed by atoms with E-state index in [1.807, 2.05) is 41.3 Å². The molecular formula is C27H24Cl2N8O5. The molecule has 0 saturated carbocycles. The van der Waals surface area contributed by atoms with Gasteiger partial charge in [-0.25, -0.2) is 9.97 Å². The Balaban J connectivity index is 0.000000196. The monoisotopic (exact) mass is 610 g/mol. The smallest absolute Gasteiger partial charge is 0.330 e. The van der Waals surface area contributed by atoms with Gasteiger partial charge in [0.2, 0.25) is 22.3 Å². The molecule has 0 spiro atoms. The molecule has 1 amide bonds. The maximum absolute atomic E-state index is 11.7. The number of esters is 1. The number of hydrogen-bond donors (Lipinski definition) is 1. The van der Waals surface area contributed by atoms with Crippen molar-refractivity contribution in [2.24, 2.45) is 0 Å². The summed E-state index contributed by atoms with van der Waals surface area (Å²) in [7, 11) is 1.28. The lowest BCUT2D eigenvalue weighted by Gasteiger charge is -2.23. The van der Waals surface area contributed by atoms with Crippen LogP contribution in [0.15, 0.2) is 73.1 Å². The zero-order chi connectivity index (χ0) is 30.1. The third-order valence-electron chi connectivity index (χ3n) is 5.91. The molecule has 2 aromatic heterocycles. The van der Waals surface area contributed by atoms with Gasteiger partial charge >= 0.3 is 11.7 Å². The lowest BCUT2D eigenvalue weighted by molar-refractivity contribution is -0.384. The van der Waals surface area contributed by atoms with E-state index in [2.05, 4.69) is 30.0 Å². The van der Waals surface area contributed by atoms with E-state index in [1.165, 1.54) is 18.2 Å². The Bertz CT molecular complexity index is 1560. The molecule has 13 nitrogen and oxygen atoms in total. The number of para-hydroxylation sites is 2. The van der Waals surface area contributed by atoms with Crippen LogP contribution in [0.3, 0.4) is 0 Å². The van der Waals surface area contributed by atoms with Crippen molar-refractivity contribution < 1.29 is 19.2 Å². The van der Waals surface area contributed by atoms with Gasteiger partial charge in [-0.05, 0) is 47.5 Å². The second-order valence-corrected chi connectivity index (χ2v) is 9.26. The minimum absolute atomic E-state index is 0.0186. The standard InChI is InChI=1S/C14H13ClN4O4.C13H11ClN4O/c1-23-12(20)7-8-18(10-5-3-2-4-6-10)13-11(19(21)22)9-16-14(15)17-13;14-13-15-8-10-12(17-13)18(7-6-11(19)16-10)9-4-2-1-3-5-9/h2-6,9H,7-8H2,1H3;1-5,8H,6-7H2,(H,16,19). The molecule has 4 aromatic rings. The van der Waals surface area contributed by atoms with Crippen LogP contribution in [0.1, 0.15) is 12.8 Å². The van der Waals surface area contributed by atoms with E-state index in [0.717, 1.165) is 11.9 Å². The predicted octanol–water partition coefficient (Wildman–Crippen LogP) is 5.35. The molecule has 1 aliphatic rings. The van der Waals surface area contributed by atoms with E-state index < -0.39 is 10.9 Å². The molecule has 5 rings (SSSR count). The van der Waals surface area contributed by atoms with Crippen molar-refractivity contribution in [3.8, 4) is 0 Å². The van der Waals surface area contributed by atoms with Crippen molar-refractivity contribution in [1.29, 1.82) is 0 Å². The Morgan fingerprint density at radius 2 is 1.69 bits per heavy atom. The van der Waals surface area contributed by atoms with Gasteiger partial charge in [-0.2, -0.15) is 9.97 Å². The van der Waals surface area contributed by atoms with Crippen LogP contribution in [0.5, 0.6) is 0 Å². The summed E-state index contributed by atoms with van der Waals surface area (Å²) in [5, 5.41) is 14.1. The van der Waals surface area contributed by atoms with Crippen LogP contribution in [-0.4, -0.2) is 56.9 Å². The van der Waals surface area contributed by atoms with Crippen molar-refractivity contribution >= 4 is 69.5 Å². The van der Waals surface area contributed by atoms with Gasteiger partial charge in [0.05, 0.1) is 24.7 Å². The van der Waals surface area contributed by atoms with E-state index in [-0.39, 0.29) is 40.9 Å². The fourth-order valence-electron chi connectivity index (χ4n) is 3.98. The lowest BCUT2D eigenvalue weighted by atomic mass is 10.2. The second-order valence-electron chi connectivity index (χ2n) is 8.58. The highest BCUT2D eigenvalue weighted by atomic mass is 35.5. The molecule has 42 heavy (non-hydrogen) atoms. The fraction of sp³-hybridized carbons (Fsp3) is 0.185. The number of carbonyl (C=O) groups excluding carboxylic acids is 2. The molecule has 0 fully saturated rings. The summed E-state index contributed by atoms with van der Waals surface area (Å²) < 4.78 is 4.62. The lowest BCUT2D eigenvalue weighted by Crippen LogP contribution is -2.23. The number of methoxy groups -OCH3 is 1. The molecule has 0 radical (unpaired) electrons. The third-order valence-corrected chi connectivity index (χ3v) is 6.27. The van der Waals surface area contributed by atoms with Crippen molar-refractivity contribution in [2.75, 3.05) is 35.3 Å². The number of hydrogen-bond acceptors (Lipinski definition) is 11. The fourth-order valence-corrected chi connectivity index (χ4v) is 4.24. The normalized spacial score (nSPS) is 12.2. The number of aromatic nitrogens is 4. The summed E-state index contributed by atoms with van der Waals surface area (Å²) in [6, 6.07) is 18.6. The number of nitrogens with one attached hydrogen (secondary N) is 1. The van der Waals surface area contributed by atoms with Crippen LogP contribution in [0.25, 0.3) is 0 Å². The second kappa shape index (κ2) is 14.1. The number of nitrogens with zero attached hydrogens (tertiary/aromatic N) is 7. The summed E-state index contributed by atoms with van der Waals surface area (Å²) in [6.07, 6.45) is 3.00. The number of rotatable bonds is 7. The van der Waals surface area contributed by atoms with E-state index in [1.54, 1.807) is 24.3 Å². The van der Waals surface area contributed by atoms with Crippen molar-refractivity contribution in [2.45, 2.75) is 12.8 Å². The minimum atomic E-state index is -0.597. The molecule has 1 N–H and O–H groups in total. The Morgan fingerprint density at radius 1 is 1.05 bits per heavy atom. The predicted molar refractivity (Wildman–Crippen MR) is 158 cm³/mol. The van der Waals surface area contributed by atoms with Crippen LogP contribution >= 0.6 is 23.2 Å². The van der Waals surface area contributed by atoms with Crippen molar-refractivity contribution in [1.82, 2.24) is 19.9 Å². The molecule has 0 saturated heterocycles. The minimum Gasteiger partial charge on any atom is -0.469 e. The van der Waals surface area contributed by atoms with E-state index in [0.29, 0.717) is 30.2 Å². The van der Waals surface area contributed by atoms with E-state index >= 15 is 0 Å². The summed E-state index contributed by atoms with van der Waals surface area (Å²) in [6.45, 7) is 0.695. The van der Waals surface area contributed by atoms with Crippen LogP contribution < -0.4 is 15.1 Å². The number of halogens is 2. The van der Waals surface area contributed by atoms with E-state index in [9.17, 15) is 19.7 Å². The molecule has 216 valence electrons. The topological polar surface area (TPSA) is 157 Å². The third kappa shape index (κ3) is 7.65. The molecule has 1 aliphatic heterocycles. The quantitative estimate of drug-likeness (QED) is 0.124. The largest absolute Gasteiger partial charge is 0.469 e. The van der Waals surface area contributed by atoms with Gasteiger partial charge in [0.25, 0.3) is 0 Å². The summed E-state index contributed by atoms with van der Waals surface area (Å²) in [5.74, 6) is 0.154. The molecule has 0 atom stereocenters. The Hall–Kier alpha value is -4.88. The first-order valence-electron chi connectivity index (χ1n) is 12.5. The van der Waals surface area contributed by atoms with Crippen LogP contribution in [-0.2, 0) is 14.3 Å². The first-order chi connectivity index (χ1) is 20.3. The Kier molecular flexibility index (Phi) is 10.1. The highest BCUT2D eigenvalue weighted by Gasteiger charge is 2.25. The number of benzene rings is 2. The number of carbonyl (C=O) groups is 2. The number of fused-ring (bicyclic) bond motifs is 1. The number of anilines is 5. The highest BCUT2D eigenvalue weighted by molar-refractivity contribution is 6.28. The first kappa shape index (κ1) is 30.1. The molecule has 0 aliphatic carbocycles. The Labute approximate surface area is 250 Å². The van der Waals surface area contributed by atoms with Gasteiger partial charge < -0.3 is 19.9 Å². The summed E-state index contributed by atoms with van der Waals surface area (Å²) >= 11 is 11.6. The van der Waals surface area contributed by atoms with Gasteiger partial charge in [0.1, 0.15) is 11.9 Å². The molecular weight excluding hydrogens is 587 g/mol. The van der Waals surface area contributed by atoms with Crippen molar-refractivity contribution in [3.63, 3.8) is 0 Å². The Morgan fingerprint density at radius 3 is 2.36 bits per heavy atom. The summed E-state index contributed by atoms with van der Waals surface area (Å²) in [5.41, 5.74) is 1.88. The number of ether oxygens (including phenoxy) is 1. The SMILES string of the molecule is COC(=O)CCN(c1ccccc1)c1nc(Cl)ncc1[N+](=O)[O-].O=C1CCN(c2ccccc2)c2nc(Cl)ncc2N1. The molecule has 15 heteroatoms. The highest BCUT2D eigenvalue weighted by Crippen LogP contribution is 2.33. The van der Waals surface area contributed by atoms with E-state index in [4.69, 9.17) is 23.2 Å². The molecule has 2 aromatic carbocycles. The first-order valence-corrected chi connectivity index (χ1v) is 13.2. The van der Waals surface area contributed by atoms with Gasteiger partial charge in [0.15, 0.2) is 5.82 Å². The number of amides is 1. The summed E-state index contributed by atoms with van der Waals surface area (Å²) in [4.78, 5) is 53.0. The average molecular weight is 611 g/mol. The van der Waals surface area contributed by atoms with Gasteiger partial charge in [-0.1, -0.05) is 36.4 Å². The van der Waals surface area contributed by atoms with Crippen LogP contribution in [0, 0.1) is 10.1 Å². The van der Waals surface area contributed by atoms with Crippen molar-refractivity contribution in [3.05, 3.63) is 93.7 Å². The van der Waals surface area contributed by atoms with Crippen LogP contribution in [0.4, 0.5) is 34.4 Å². The maximum atomic E-state index is 11.7. The maximum Gasteiger partial charge on any atom is 0.330 e. The molecule has 0 bridgehead atoms. The molecule has 3 heterocycles. The number of nitro groups is 1. The van der Waals surface area contributed by atoms with Gasteiger partial charge in [-0.15, -0.1) is 0 Å². The van der Waals surface area contributed by atoms with Gasteiger partial charge in [0, 0.05) is 30.9 Å². The average Bonchev–Trinajstić information content (AvgIpc) is 3.16. The zero-order valence-corrected chi connectivity index (χ0v) is 23.7. The van der Waals surface area contributed by atoms with Gasteiger partial charge in [-0.3, -0.25) is 19.7 Å².